The van der Waals surface area contributed by atoms with Crippen LogP contribution in [0.4, 0.5) is 11.5 Å². The molecule has 3 N–H and O–H groups in total. The largest absolute Gasteiger partial charge is 0.465 e. The molecule has 100 valence electrons. The van der Waals surface area contributed by atoms with E-state index in [1.807, 2.05) is 11.8 Å². The number of pyridine rings is 1. The van der Waals surface area contributed by atoms with Gasteiger partial charge in [0.05, 0.1) is 18.4 Å². The molecular formula is C12H19N3O2S. The van der Waals surface area contributed by atoms with Crippen LogP contribution >= 0.6 is 11.8 Å². The van der Waals surface area contributed by atoms with Gasteiger partial charge in [-0.25, -0.2) is 9.78 Å². The standard InChI is InChI=1S/C12H19N3O2S/c1-4-18-7-8(2)15-11-10(13)9(5-6-14-11)12(16)17-3/h5-6,8H,4,7,13H2,1-3H3,(H,14,15). The lowest BCUT2D eigenvalue weighted by Gasteiger charge is -2.16. The highest BCUT2D eigenvalue weighted by molar-refractivity contribution is 7.99. The summed E-state index contributed by atoms with van der Waals surface area (Å²) in [5.74, 6) is 2.10. The first-order valence-corrected chi connectivity index (χ1v) is 6.92. The Morgan fingerprint density at radius 1 is 1.67 bits per heavy atom. The average molecular weight is 269 g/mol. The van der Waals surface area contributed by atoms with Crippen LogP contribution in [0.3, 0.4) is 0 Å². The molecule has 0 amide bonds. The molecule has 1 atom stereocenters. The number of ether oxygens (including phenoxy) is 1. The second-order valence-electron chi connectivity index (χ2n) is 3.82. The second kappa shape index (κ2) is 7.10. The summed E-state index contributed by atoms with van der Waals surface area (Å²) < 4.78 is 4.66. The van der Waals surface area contributed by atoms with Crippen LogP contribution in [0, 0.1) is 0 Å². The third-order valence-electron chi connectivity index (χ3n) is 2.35. The number of rotatable bonds is 6. The second-order valence-corrected chi connectivity index (χ2v) is 5.14. The number of thioether (sulfide) groups is 1. The molecule has 0 saturated heterocycles. The van der Waals surface area contributed by atoms with E-state index < -0.39 is 5.97 Å². The monoisotopic (exact) mass is 269 g/mol. The Bertz CT molecular complexity index is 412. The third kappa shape index (κ3) is 3.80. The van der Waals surface area contributed by atoms with Crippen molar-refractivity contribution in [1.29, 1.82) is 0 Å². The van der Waals surface area contributed by atoms with Gasteiger partial charge in [0.2, 0.25) is 0 Å². The zero-order chi connectivity index (χ0) is 13.5. The van der Waals surface area contributed by atoms with E-state index in [1.54, 1.807) is 12.3 Å². The quantitative estimate of drug-likeness (QED) is 0.769. The first kappa shape index (κ1) is 14.6. The number of methoxy groups -OCH3 is 1. The predicted octanol–water partition coefficient (Wildman–Crippen LogP) is 2.00. The molecule has 0 aliphatic heterocycles. The van der Waals surface area contributed by atoms with Gasteiger partial charge in [0, 0.05) is 18.0 Å². The molecule has 1 unspecified atom stereocenters. The van der Waals surface area contributed by atoms with Gasteiger partial charge in [-0.15, -0.1) is 0 Å². The molecule has 0 aliphatic rings. The molecule has 0 aromatic carbocycles. The van der Waals surface area contributed by atoms with E-state index >= 15 is 0 Å². The molecule has 18 heavy (non-hydrogen) atoms. The van der Waals surface area contributed by atoms with E-state index in [4.69, 9.17) is 5.73 Å². The van der Waals surface area contributed by atoms with Crippen molar-refractivity contribution in [3.05, 3.63) is 17.8 Å². The maximum atomic E-state index is 11.5. The number of nitrogens with two attached hydrogens (primary N) is 1. The number of carbonyl (C=O) groups is 1. The van der Waals surface area contributed by atoms with Gasteiger partial charge in [0.1, 0.15) is 5.82 Å². The Morgan fingerprint density at radius 2 is 2.39 bits per heavy atom. The van der Waals surface area contributed by atoms with Crippen LogP contribution in [0.5, 0.6) is 0 Å². The van der Waals surface area contributed by atoms with Gasteiger partial charge in [0.25, 0.3) is 0 Å². The van der Waals surface area contributed by atoms with E-state index in [1.165, 1.54) is 7.11 Å². The number of nitrogens with one attached hydrogen (secondary N) is 1. The fourth-order valence-electron chi connectivity index (χ4n) is 1.45. The summed E-state index contributed by atoms with van der Waals surface area (Å²) in [4.78, 5) is 15.6. The van der Waals surface area contributed by atoms with Crippen LogP contribution in [0.25, 0.3) is 0 Å². The first-order chi connectivity index (χ1) is 8.60. The smallest absolute Gasteiger partial charge is 0.340 e. The number of esters is 1. The molecule has 0 radical (unpaired) electrons. The summed E-state index contributed by atoms with van der Waals surface area (Å²) in [6, 6.07) is 1.79. The molecule has 1 rings (SSSR count). The minimum atomic E-state index is -0.450. The van der Waals surface area contributed by atoms with Gasteiger partial charge in [-0.05, 0) is 18.7 Å². The normalized spacial score (nSPS) is 11.9. The molecule has 0 fully saturated rings. The Labute approximate surface area is 111 Å². The highest BCUT2D eigenvalue weighted by atomic mass is 32.2. The van der Waals surface area contributed by atoms with Crippen molar-refractivity contribution in [2.75, 3.05) is 29.7 Å². The van der Waals surface area contributed by atoms with Gasteiger partial charge in [0.15, 0.2) is 0 Å². The summed E-state index contributed by atoms with van der Waals surface area (Å²) in [6.07, 6.45) is 1.55. The van der Waals surface area contributed by atoms with Gasteiger partial charge in [-0.1, -0.05) is 6.92 Å². The van der Waals surface area contributed by atoms with E-state index in [2.05, 4.69) is 28.9 Å². The molecular weight excluding hydrogens is 250 g/mol. The predicted molar refractivity (Wildman–Crippen MR) is 76.1 cm³/mol. The number of aromatic nitrogens is 1. The van der Waals surface area contributed by atoms with Crippen LogP contribution in [0.2, 0.25) is 0 Å². The molecule has 1 heterocycles. The number of hydrogen-bond donors (Lipinski definition) is 2. The molecule has 1 aromatic rings. The summed E-state index contributed by atoms with van der Waals surface area (Å²) in [5.41, 5.74) is 6.57. The summed E-state index contributed by atoms with van der Waals surface area (Å²) >= 11 is 1.83. The topological polar surface area (TPSA) is 77.2 Å². The van der Waals surface area contributed by atoms with Crippen molar-refractivity contribution >= 4 is 29.2 Å². The zero-order valence-electron chi connectivity index (χ0n) is 10.9. The SMILES string of the molecule is CCSCC(C)Nc1nccc(C(=O)OC)c1N. The van der Waals surface area contributed by atoms with Crippen LogP contribution in [0.15, 0.2) is 12.3 Å². The Kier molecular flexibility index (Phi) is 5.77. The highest BCUT2D eigenvalue weighted by Gasteiger charge is 2.14. The lowest BCUT2D eigenvalue weighted by molar-refractivity contribution is 0.0602. The fourth-order valence-corrected chi connectivity index (χ4v) is 2.12. The molecule has 0 spiro atoms. The molecule has 5 nitrogen and oxygen atoms in total. The number of nitrogens with zero attached hydrogens (tertiary/aromatic N) is 1. The maximum absolute atomic E-state index is 11.5. The minimum Gasteiger partial charge on any atom is -0.465 e. The summed E-state index contributed by atoms with van der Waals surface area (Å²) in [7, 11) is 1.33. The van der Waals surface area contributed by atoms with Crippen molar-refractivity contribution in [3.63, 3.8) is 0 Å². The molecule has 6 heteroatoms. The van der Waals surface area contributed by atoms with E-state index in [0.29, 0.717) is 17.1 Å². The molecule has 0 aliphatic carbocycles. The molecule has 0 bridgehead atoms. The number of anilines is 2. The number of carbonyl (C=O) groups excluding carboxylic acids is 1. The number of nitrogen functional groups attached to an aromatic ring is 1. The third-order valence-corrected chi connectivity index (χ3v) is 3.49. The molecule has 0 saturated carbocycles. The lowest BCUT2D eigenvalue weighted by Crippen LogP contribution is -2.20. The van der Waals surface area contributed by atoms with E-state index in [0.717, 1.165) is 11.5 Å². The van der Waals surface area contributed by atoms with Gasteiger partial charge < -0.3 is 15.8 Å². The Morgan fingerprint density at radius 3 is 3.00 bits per heavy atom. The van der Waals surface area contributed by atoms with Crippen LogP contribution in [-0.4, -0.2) is 35.6 Å². The van der Waals surface area contributed by atoms with Gasteiger partial charge in [-0.3, -0.25) is 0 Å². The van der Waals surface area contributed by atoms with Crippen molar-refractivity contribution in [2.45, 2.75) is 19.9 Å². The van der Waals surface area contributed by atoms with Crippen molar-refractivity contribution in [3.8, 4) is 0 Å². The lowest BCUT2D eigenvalue weighted by atomic mass is 10.2. The maximum Gasteiger partial charge on any atom is 0.340 e. The van der Waals surface area contributed by atoms with E-state index in [9.17, 15) is 4.79 Å². The van der Waals surface area contributed by atoms with Gasteiger partial charge in [-0.2, -0.15) is 11.8 Å². The first-order valence-electron chi connectivity index (χ1n) is 5.77. The Hall–Kier alpha value is -1.43. The fraction of sp³-hybridized carbons (Fsp3) is 0.500. The number of hydrogen-bond acceptors (Lipinski definition) is 6. The van der Waals surface area contributed by atoms with Crippen LogP contribution in [-0.2, 0) is 4.74 Å². The van der Waals surface area contributed by atoms with Crippen LogP contribution < -0.4 is 11.1 Å². The summed E-state index contributed by atoms with van der Waals surface area (Å²) in [6.45, 7) is 4.16. The summed E-state index contributed by atoms with van der Waals surface area (Å²) in [5, 5.41) is 3.20. The van der Waals surface area contributed by atoms with Gasteiger partial charge >= 0.3 is 5.97 Å². The zero-order valence-corrected chi connectivity index (χ0v) is 11.7. The van der Waals surface area contributed by atoms with Crippen molar-refractivity contribution in [2.24, 2.45) is 0 Å². The van der Waals surface area contributed by atoms with E-state index in [-0.39, 0.29) is 6.04 Å². The van der Waals surface area contributed by atoms with Crippen LogP contribution in [0.1, 0.15) is 24.2 Å². The van der Waals surface area contributed by atoms with Crippen molar-refractivity contribution < 1.29 is 9.53 Å². The van der Waals surface area contributed by atoms with Crippen molar-refractivity contribution in [1.82, 2.24) is 4.98 Å². The Balaban J connectivity index is 2.80. The molecule has 1 aromatic heterocycles. The highest BCUT2D eigenvalue weighted by Crippen LogP contribution is 2.21. The minimum absolute atomic E-state index is 0.234. The average Bonchev–Trinajstić information content (AvgIpc) is 2.38.